The summed E-state index contributed by atoms with van der Waals surface area (Å²) in [4.78, 5) is 12.7. The summed E-state index contributed by atoms with van der Waals surface area (Å²) in [5, 5.41) is 4.17. The van der Waals surface area contributed by atoms with Crippen molar-refractivity contribution in [2.45, 2.75) is 45.6 Å². The molecule has 0 bridgehead atoms. The third kappa shape index (κ3) is 2.14. The van der Waals surface area contributed by atoms with Gasteiger partial charge in [0.05, 0.1) is 0 Å². The van der Waals surface area contributed by atoms with Gasteiger partial charge in [0.15, 0.2) is 5.78 Å². The fourth-order valence-electron chi connectivity index (χ4n) is 2.80. The van der Waals surface area contributed by atoms with E-state index in [9.17, 15) is 4.79 Å². The molecule has 17 heavy (non-hydrogen) atoms. The molecular weight excluding hydrogens is 214 g/mol. The van der Waals surface area contributed by atoms with Gasteiger partial charge in [-0.1, -0.05) is 19.3 Å². The molecule has 0 saturated heterocycles. The minimum atomic E-state index is -0.328. The Hall–Kier alpha value is -1.16. The van der Waals surface area contributed by atoms with Gasteiger partial charge in [-0.2, -0.15) is 5.10 Å². The molecule has 0 spiro atoms. The zero-order valence-corrected chi connectivity index (χ0v) is 10.5. The standard InChI is InChI=1S/C13H21N3O/c1-2-16-11(6-9-15-16)12(17)13(10-14)7-4-3-5-8-13/h6,9H,2-5,7-8,10,14H2,1H3. The van der Waals surface area contributed by atoms with Crippen LogP contribution in [0.2, 0.25) is 0 Å². The van der Waals surface area contributed by atoms with Crippen LogP contribution in [0, 0.1) is 5.41 Å². The van der Waals surface area contributed by atoms with E-state index in [1.54, 1.807) is 10.9 Å². The molecule has 1 fully saturated rings. The van der Waals surface area contributed by atoms with Crippen molar-refractivity contribution in [3.05, 3.63) is 18.0 Å². The lowest BCUT2D eigenvalue weighted by Gasteiger charge is -2.34. The minimum Gasteiger partial charge on any atom is -0.329 e. The Labute approximate surface area is 102 Å². The van der Waals surface area contributed by atoms with Gasteiger partial charge in [-0.25, -0.2) is 0 Å². The first-order valence-electron chi connectivity index (χ1n) is 6.50. The Balaban J connectivity index is 2.28. The van der Waals surface area contributed by atoms with Crippen molar-refractivity contribution < 1.29 is 4.79 Å². The molecule has 0 aliphatic heterocycles. The van der Waals surface area contributed by atoms with Crippen molar-refractivity contribution in [3.63, 3.8) is 0 Å². The maximum Gasteiger partial charge on any atom is 0.188 e. The van der Waals surface area contributed by atoms with Gasteiger partial charge in [0, 0.05) is 24.7 Å². The number of aromatic nitrogens is 2. The number of hydrogen-bond acceptors (Lipinski definition) is 3. The van der Waals surface area contributed by atoms with E-state index in [2.05, 4.69) is 5.10 Å². The van der Waals surface area contributed by atoms with Crippen LogP contribution in [-0.2, 0) is 6.54 Å². The number of rotatable bonds is 4. The molecule has 2 N–H and O–H groups in total. The zero-order valence-electron chi connectivity index (χ0n) is 10.5. The largest absolute Gasteiger partial charge is 0.329 e. The second-order valence-electron chi connectivity index (χ2n) is 4.91. The Morgan fingerprint density at radius 1 is 1.47 bits per heavy atom. The third-order valence-electron chi connectivity index (χ3n) is 3.93. The van der Waals surface area contributed by atoms with E-state index in [1.165, 1.54) is 6.42 Å². The Morgan fingerprint density at radius 2 is 2.18 bits per heavy atom. The molecule has 0 amide bonds. The molecule has 1 aromatic rings. The number of nitrogens with two attached hydrogens (primary N) is 1. The molecule has 94 valence electrons. The summed E-state index contributed by atoms with van der Waals surface area (Å²) in [6.45, 7) is 3.19. The highest BCUT2D eigenvalue weighted by Crippen LogP contribution is 2.38. The molecule has 0 unspecified atom stereocenters. The van der Waals surface area contributed by atoms with E-state index in [0.717, 1.165) is 37.9 Å². The number of aryl methyl sites for hydroxylation is 1. The fourth-order valence-corrected chi connectivity index (χ4v) is 2.80. The summed E-state index contributed by atoms with van der Waals surface area (Å²) < 4.78 is 1.77. The second kappa shape index (κ2) is 5.00. The lowest BCUT2D eigenvalue weighted by Crippen LogP contribution is -2.41. The Morgan fingerprint density at radius 3 is 2.76 bits per heavy atom. The summed E-state index contributed by atoms with van der Waals surface area (Å²) in [5.41, 5.74) is 6.28. The van der Waals surface area contributed by atoms with Crippen LogP contribution in [0.4, 0.5) is 0 Å². The van der Waals surface area contributed by atoms with Crippen LogP contribution < -0.4 is 5.73 Å². The van der Waals surface area contributed by atoms with Crippen molar-refractivity contribution in [2.75, 3.05) is 6.54 Å². The first-order valence-corrected chi connectivity index (χ1v) is 6.50. The topological polar surface area (TPSA) is 60.9 Å². The molecule has 2 rings (SSSR count). The second-order valence-corrected chi connectivity index (χ2v) is 4.91. The van der Waals surface area contributed by atoms with E-state index >= 15 is 0 Å². The zero-order chi connectivity index (χ0) is 12.3. The normalized spacial score (nSPS) is 19.2. The molecule has 0 aromatic carbocycles. The van der Waals surface area contributed by atoms with Crippen LogP contribution >= 0.6 is 0 Å². The van der Waals surface area contributed by atoms with E-state index in [4.69, 9.17) is 5.73 Å². The van der Waals surface area contributed by atoms with Crippen LogP contribution in [0.15, 0.2) is 12.3 Å². The summed E-state index contributed by atoms with van der Waals surface area (Å²) in [6.07, 6.45) is 7.01. The lowest BCUT2D eigenvalue weighted by atomic mass is 9.70. The molecule has 1 aromatic heterocycles. The first-order chi connectivity index (χ1) is 8.23. The van der Waals surface area contributed by atoms with Crippen molar-refractivity contribution >= 4 is 5.78 Å². The van der Waals surface area contributed by atoms with Gasteiger partial charge >= 0.3 is 0 Å². The molecular formula is C13H21N3O. The molecule has 1 heterocycles. The summed E-state index contributed by atoms with van der Waals surface area (Å²) >= 11 is 0. The molecule has 1 saturated carbocycles. The SMILES string of the molecule is CCn1nccc1C(=O)C1(CN)CCCCC1. The Kier molecular flexibility index (Phi) is 3.62. The summed E-state index contributed by atoms with van der Waals surface area (Å²) in [6, 6.07) is 1.82. The van der Waals surface area contributed by atoms with Crippen molar-refractivity contribution in [1.82, 2.24) is 9.78 Å². The van der Waals surface area contributed by atoms with E-state index in [-0.39, 0.29) is 11.2 Å². The molecule has 0 radical (unpaired) electrons. The number of Topliss-reactive ketones (excluding diaryl/α,β-unsaturated/α-hetero) is 1. The highest BCUT2D eigenvalue weighted by Gasteiger charge is 2.39. The van der Waals surface area contributed by atoms with Gasteiger partial charge in [0.25, 0.3) is 0 Å². The predicted octanol–water partition coefficient (Wildman–Crippen LogP) is 1.99. The highest BCUT2D eigenvalue weighted by molar-refractivity contribution is 5.99. The monoisotopic (exact) mass is 235 g/mol. The van der Waals surface area contributed by atoms with Crippen LogP contribution in [0.3, 0.4) is 0 Å². The quantitative estimate of drug-likeness (QED) is 0.812. The smallest absolute Gasteiger partial charge is 0.188 e. The van der Waals surface area contributed by atoms with Gasteiger partial charge < -0.3 is 5.73 Å². The number of nitrogens with zero attached hydrogens (tertiary/aromatic N) is 2. The Bertz CT molecular complexity index is 391. The first kappa shape index (κ1) is 12.3. The number of ketones is 1. The maximum atomic E-state index is 12.7. The summed E-state index contributed by atoms with van der Waals surface area (Å²) in [7, 11) is 0. The van der Waals surface area contributed by atoms with Gasteiger partial charge in [0.2, 0.25) is 0 Å². The van der Waals surface area contributed by atoms with E-state index < -0.39 is 0 Å². The van der Waals surface area contributed by atoms with Crippen molar-refractivity contribution in [1.29, 1.82) is 0 Å². The maximum absolute atomic E-state index is 12.7. The van der Waals surface area contributed by atoms with Gasteiger partial charge in [-0.15, -0.1) is 0 Å². The number of carbonyl (C=O) groups is 1. The van der Waals surface area contributed by atoms with Crippen LogP contribution in [0.25, 0.3) is 0 Å². The predicted molar refractivity (Wildman–Crippen MR) is 66.8 cm³/mol. The molecule has 1 aliphatic carbocycles. The minimum absolute atomic E-state index is 0.194. The van der Waals surface area contributed by atoms with Gasteiger partial charge in [-0.05, 0) is 25.8 Å². The average molecular weight is 235 g/mol. The van der Waals surface area contributed by atoms with Crippen LogP contribution in [0.1, 0.15) is 49.5 Å². The van der Waals surface area contributed by atoms with Crippen LogP contribution in [0.5, 0.6) is 0 Å². The number of carbonyl (C=O) groups excluding carboxylic acids is 1. The van der Waals surface area contributed by atoms with Gasteiger partial charge in [0.1, 0.15) is 5.69 Å². The van der Waals surface area contributed by atoms with E-state index in [1.807, 2.05) is 13.0 Å². The van der Waals surface area contributed by atoms with Crippen molar-refractivity contribution in [3.8, 4) is 0 Å². The number of hydrogen-bond donors (Lipinski definition) is 1. The molecule has 1 aliphatic rings. The molecule has 0 atom stereocenters. The van der Waals surface area contributed by atoms with Crippen LogP contribution in [-0.4, -0.2) is 22.1 Å². The van der Waals surface area contributed by atoms with E-state index in [0.29, 0.717) is 6.54 Å². The van der Waals surface area contributed by atoms with Gasteiger partial charge in [-0.3, -0.25) is 9.48 Å². The third-order valence-corrected chi connectivity index (χ3v) is 3.93. The lowest BCUT2D eigenvalue weighted by molar-refractivity contribution is 0.0717. The average Bonchev–Trinajstić information content (AvgIpc) is 2.86. The highest BCUT2D eigenvalue weighted by atomic mass is 16.1. The summed E-state index contributed by atoms with van der Waals surface area (Å²) in [5.74, 6) is 0.194. The molecule has 4 nitrogen and oxygen atoms in total. The van der Waals surface area contributed by atoms with Crippen molar-refractivity contribution in [2.24, 2.45) is 11.1 Å². The fraction of sp³-hybridized carbons (Fsp3) is 0.692. The molecule has 4 heteroatoms.